The van der Waals surface area contributed by atoms with E-state index >= 15 is 0 Å². The van der Waals surface area contributed by atoms with Crippen molar-refractivity contribution in [1.29, 1.82) is 0 Å². The minimum absolute atomic E-state index is 0.00761. The van der Waals surface area contributed by atoms with Crippen LogP contribution >= 0.6 is 0 Å². The van der Waals surface area contributed by atoms with Gasteiger partial charge in [-0.3, -0.25) is 19.2 Å². The molecule has 0 radical (unpaired) electrons. The zero-order chi connectivity index (χ0) is 44.3. The minimum Gasteiger partial charge on any atom is -0.394 e. The van der Waals surface area contributed by atoms with Gasteiger partial charge in [-0.2, -0.15) is 5.06 Å². The highest BCUT2D eigenvalue weighted by Gasteiger charge is 2.58. The molecule has 62 heavy (non-hydrogen) atoms. The van der Waals surface area contributed by atoms with Gasteiger partial charge in [-0.15, -0.1) is 0 Å². The van der Waals surface area contributed by atoms with E-state index in [0.717, 1.165) is 64.2 Å². The van der Waals surface area contributed by atoms with Crippen molar-refractivity contribution in [2.45, 2.75) is 192 Å². The van der Waals surface area contributed by atoms with E-state index in [0.29, 0.717) is 48.1 Å². The molecule has 7 saturated carbocycles. The second kappa shape index (κ2) is 21.2. The number of ether oxygens (including phenoxy) is 1. The van der Waals surface area contributed by atoms with Gasteiger partial charge >= 0.3 is 0 Å². The van der Waals surface area contributed by atoms with E-state index in [-0.39, 0.29) is 66.2 Å². The normalized spacial score (nSPS) is 39.1. The number of nitrogens with one attached hydrogen (secondary N) is 3. The molecule has 12 nitrogen and oxygen atoms in total. The third-order valence-corrected chi connectivity index (χ3v) is 18.4. The number of methoxy groups -OCH3 is 1. The molecule has 1 heterocycles. The summed E-state index contributed by atoms with van der Waals surface area (Å²) in [7, 11) is 6.04. The van der Waals surface area contributed by atoms with Gasteiger partial charge in [0.1, 0.15) is 18.2 Å². The van der Waals surface area contributed by atoms with Crippen molar-refractivity contribution in [3.63, 3.8) is 0 Å². The molecule has 8 aliphatic rings. The number of carbonyl (C=O) groups excluding carboxylic acids is 3. The average molecular weight is 870 g/mol. The van der Waals surface area contributed by atoms with Crippen molar-refractivity contribution in [2.24, 2.45) is 64.6 Å². The van der Waals surface area contributed by atoms with E-state index in [9.17, 15) is 24.6 Å². The van der Waals surface area contributed by atoms with Crippen molar-refractivity contribution in [1.82, 2.24) is 25.9 Å². The Kier molecular flexibility index (Phi) is 16.5. The van der Waals surface area contributed by atoms with E-state index in [1.165, 1.54) is 57.8 Å². The van der Waals surface area contributed by atoms with Crippen LogP contribution in [0, 0.1) is 64.6 Å². The molecule has 5 N–H and O–H groups in total. The Balaban J connectivity index is 1.04. The standard InChI is InChI=1S/C50H87N5O7/c1-30-40-25-37(50(40,3)4)26-41(30)52-49(60)45-44(31(2)57)43(29-56)62-55(45)28-34-19-14-20-39(46(34)61-7)35-22-36(24-38(23-35)54(5)6)47(58)53-42(21-32-15-10-8-11-16-32)48(59)51-27-33-17-12-9-13-18-33/h30-46,56-57H,8-29H2,1-7H3,(H,51,59)(H,52,60)(H,53,58)/t30-,31-,34?,35?,36?,37+,38?,39?,40-,41-,42+,43-,44+,45-,46?/m0/s1. The van der Waals surface area contributed by atoms with Crippen molar-refractivity contribution in [3.8, 4) is 0 Å². The van der Waals surface area contributed by atoms with Gasteiger partial charge in [0.25, 0.3) is 0 Å². The quantitative estimate of drug-likeness (QED) is 0.124. The Morgan fingerprint density at radius 3 is 2.19 bits per heavy atom. The maximum atomic E-state index is 14.5. The fourth-order valence-electron chi connectivity index (χ4n) is 14.5. The molecule has 15 atom stereocenters. The molecule has 2 bridgehead atoms. The van der Waals surface area contributed by atoms with Gasteiger partial charge in [0.15, 0.2) is 0 Å². The summed E-state index contributed by atoms with van der Waals surface area (Å²) in [6.07, 6.45) is 18.7. The lowest BCUT2D eigenvalue weighted by atomic mass is 9.45. The van der Waals surface area contributed by atoms with Gasteiger partial charge in [-0.05, 0) is 132 Å². The zero-order valence-corrected chi connectivity index (χ0v) is 39.7. The molecule has 8 rings (SSSR count). The first-order valence-electron chi connectivity index (χ1n) is 25.5. The fourth-order valence-corrected chi connectivity index (χ4v) is 14.5. The smallest absolute Gasteiger partial charge is 0.242 e. The number of hydroxylamine groups is 2. The molecule has 7 aliphatic carbocycles. The summed E-state index contributed by atoms with van der Waals surface area (Å²) in [5.74, 6) is 2.17. The van der Waals surface area contributed by atoms with Crippen molar-refractivity contribution in [2.75, 3.05) is 40.9 Å². The van der Waals surface area contributed by atoms with E-state index < -0.39 is 30.2 Å². The van der Waals surface area contributed by atoms with Crippen LogP contribution in [0.25, 0.3) is 0 Å². The molecule has 3 amide bonds. The minimum atomic E-state index is -0.847. The van der Waals surface area contributed by atoms with Crippen LogP contribution in [-0.4, -0.2) is 121 Å². The summed E-state index contributed by atoms with van der Waals surface area (Å²) in [5.41, 5.74) is 0.302. The third kappa shape index (κ3) is 10.7. The molecule has 1 saturated heterocycles. The number of aliphatic hydroxyl groups excluding tert-OH is 2. The molecule has 0 aromatic carbocycles. The highest BCUT2D eigenvalue weighted by molar-refractivity contribution is 5.88. The first-order chi connectivity index (χ1) is 29.7. The van der Waals surface area contributed by atoms with Crippen LogP contribution in [0.1, 0.15) is 150 Å². The number of hydrogen-bond acceptors (Lipinski definition) is 9. The number of nitrogens with zero attached hydrogens (tertiary/aromatic N) is 2. The molecule has 12 heteroatoms. The highest BCUT2D eigenvalue weighted by Crippen LogP contribution is 2.61. The Bertz CT molecular complexity index is 1480. The predicted octanol–water partition coefficient (Wildman–Crippen LogP) is 6.08. The Hall–Kier alpha value is -1.83. The van der Waals surface area contributed by atoms with Gasteiger partial charge in [0, 0.05) is 50.0 Å². The summed E-state index contributed by atoms with van der Waals surface area (Å²) in [5, 5.41) is 33.5. The number of aliphatic hydroxyl groups is 2. The summed E-state index contributed by atoms with van der Waals surface area (Å²) in [6.45, 7) is 9.59. The Morgan fingerprint density at radius 2 is 1.58 bits per heavy atom. The molecule has 354 valence electrons. The Labute approximate surface area is 374 Å². The third-order valence-electron chi connectivity index (χ3n) is 18.4. The van der Waals surface area contributed by atoms with E-state index in [4.69, 9.17) is 9.57 Å². The lowest BCUT2D eigenvalue weighted by Gasteiger charge is -2.62. The van der Waals surface area contributed by atoms with Crippen molar-refractivity contribution in [3.05, 3.63) is 0 Å². The largest absolute Gasteiger partial charge is 0.394 e. The van der Waals surface area contributed by atoms with Crippen LogP contribution in [0.15, 0.2) is 0 Å². The van der Waals surface area contributed by atoms with Gasteiger partial charge in [0.2, 0.25) is 17.7 Å². The number of hydrogen-bond donors (Lipinski definition) is 5. The van der Waals surface area contributed by atoms with Crippen molar-refractivity contribution >= 4 is 17.7 Å². The van der Waals surface area contributed by atoms with Crippen molar-refractivity contribution < 1.29 is 34.2 Å². The number of fused-ring (bicyclic) bond motifs is 2. The lowest BCUT2D eigenvalue weighted by molar-refractivity contribution is -0.193. The van der Waals surface area contributed by atoms with Crippen LogP contribution in [0.2, 0.25) is 0 Å². The van der Waals surface area contributed by atoms with Gasteiger partial charge in [-0.25, -0.2) is 0 Å². The predicted molar refractivity (Wildman–Crippen MR) is 241 cm³/mol. The maximum absolute atomic E-state index is 14.5. The summed E-state index contributed by atoms with van der Waals surface area (Å²) in [6, 6.07) is -0.930. The van der Waals surface area contributed by atoms with E-state index in [1.807, 2.05) is 0 Å². The lowest BCUT2D eigenvalue weighted by Crippen LogP contribution is -2.62. The van der Waals surface area contributed by atoms with E-state index in [1.54, 1.807) is 19.1 Å². The van der Waals surface area contributed by atoms with Crippen LogP contribution in [0.4, 0.5) is 0 Å². The molecule has 8 fully saturated rings. The second-order valence-electron chi connectivity index (χ2n) is 22.6. The van der Waals surface area contributed by atoms with Crippen LogP contribution in [-0.2, 0) is 24.0 Å². The van der Waals surface area contributed by atoms with Gasteiger partial charge < -0.3 is 35.8 Å². The van der Waals surface area contributed by atoms with Crippen LogP contribution in [0.5, 0.6) is 0 Å². The second-order valence-corrected chi connectivity index (χ2v) is 22.6. The Morgan fingerprint density at radius 1 is 0.887 bits per heavy atom. The van der Waals surface area contributed by atoms with E-state index in [2.05, 4.69) is 55.7 Å². The topological polar surface area (TPSA) is 153 Å². The van der Waals surface area contributed by atoms with Gasteiger partial charge in [0.05, 0.1) is 18.8 Å². The SMILES string of the molecule is COC1C(CN2O[C@@H](CO)[C@@H]([C@H](C)O)[C@H]2C(=O)N[C@H]2C[C@H]3C[C@@H]([C@@H]2C)C3(C)C)CCCC1C1CC(C(=O)N[C@H](CC2CCCCC2)C(=O)NCC2CCCCC2)CC(N(C)C)C1. The fraction of sp³-hybridized carbons (Fsp3) is 0.940. The molecular formula is C50H87N5O7. The number of carbonyl (C=O) groups is 3. The molecular weight excluding hydrogens is 783 g/mol. The van der Waals surface area contributed by atoms with Crippen LogP contribution in [0.3, 0.4) is 0 Å². The summed E-state index contributed by atoms with van der Waals surface area (Å²) in [4.78, 5) is 51.6. The molecule has 0 spiro atoms. The van der Waals surface area contributed by atoms with Gasteiger partial charge in [-0.1, -0.05) is 78.6 Å². The first-order valence-corrected chi connectivity index (χ1v) is 25.5. The summed E-state index contributed by atoms with van der Waals surface area (Å²) >= 11 is 0. The molecule has 6 unspecified atom stereocenters. The highest BCUT2D eigenvalue weighted by atomic mass is 16.7. The monoisotopic (exact) mass is 870 g/mol. The zero-order valence-electron chi connectivity index (χ0n) is 39.7. The number of amides is 3. The van der Waals surface area contributed by atoms with Crippen LogP contribution < -0.4 is 16.0 Å². The first kappa shape index (κ1) is 48.1. The summed E-state index contributed by atoms with van der Waals surface area (Å²) < 4.78 is 6.48. The maximum Gasteiger partial charge on any atom is 0.242 e. The molecule has 1 aliphatic heterocycles. The molecule has 0 aromatic rings. The number of rotatable bonds is 16. The average Bonchev–Trinajstić information content (AvgIpc) is 3.64. The molecule has 0 aromatic heterocycles.